The second-order valence-corrected chi connectivity index (χ2v) is 5.51. The highest BCUT2D eigenvalue weighted by Gasteiger charge is 2.23. The van der Waals surface area contributed by atoms with Crippen molar-refractivity contribution in [3.8, 4) is 0 Å². The third-order valence-electron chi connectivity index (χ3n) is 4.12. The normalized spacial score (nSPS) is 17.9. The molecule has 1 fully saturated rings. The summed E-state index contributed by atoms with van der Waals surface area (Å²) < 4.78 is 0. The Morgan fingerprint density at radius 1 is 1.37 bits per heavy atom. The molecule has 0 heterocycles. The van der Waals surface area contributed by atoms with Crippen LogP contribution in [0, 0.1) is 5.92 Å². The zero-order valence-corrected chi connectivity index (χ0v) is 11.7. The van der Waals surface area contributed by atoms with E-state index in [1.54, 1.807) is 12.1 Å². The van der Waals surface area contributed by atoms with Gasteiger partial charge in [0.2, 0.25) is 0 Å². The average molecular weight is 260 g/mol. The minimum Gasteiger partial charge on any atom is -0.399 e. The van der Waals surface area contributed by atoms with Crippen molar-refractivity contribution < 1.29 is 4.79 Å². The summed E-state index contributed by atoms with van der Waals surface area (Å²) in [5.74, 6) is 0.647. The molecule has 1 aliphatic rings. The van der Waals surface area contributed by atoms with Crippen LogP contribution in [-0.2, 0) is 0 Å². The highest BCUT2D eigenvalue weighted by atomic mass is 16.1. The average Bonchev–Trinajstić information content (AvgIpc) is 2.45. The number of hydrogen-bond donors (Lipinski definition) is 2. The summed E-state index contributed by atoms with van der Waals surface area (Å²) in [5, 5.41) is 3.19. The van der Waals surface area contributed by atoms with E-state index in [0.717, 1.165) is 6.42 Å². The maximum Gasteiger partial charge on any atom is 0.251 e. The Morgan fingerprint density at radius 3 is 2.74 bits per heavy atom. The number of amides is 1. The molecule has 1 unspecified atom stereocenters. The van der Waals surface area contributed by atoms with E-state index >= 15 is 0 Å². The summed E-state index contributed by atoms with van der Waals surface area (Å²) in [6.45, 7) is 2.15. The lowest BCUT2D eigenvalue weighted by Crippen LogP contribution is -2.40. The molecular formula is C16H24N2O. The molecule has 1 saturated carbocycles. The fourth-order valence-corrected chi connectivity index (χ4v) is 3.02. The molecule has 0 spiro atoms. The predicted octanol–water partition coefficient (Wildman–Crippen LogP) is 3.36. The summed E-state index contributed by atoms with van der Waals surface area (Å²) >= 11 is 0. The summed E-state index contributed by atoms with van der Waals surface area (Å²) in [6.07, 6.45) is 7.44. The molecule has 3 nitrogen and oxygen atoms in total. The minimum absolute atomic E-state index is 0.00437. The van der Waals surface area contributed by atoms with Crippen molar-refractivity contribution in [1.29, 1.82) is 0 Å². The monoisotopic (exact) mass is 260 g/mol. The number of benzene rings is 1. The van der Waals surface area contributed by atoms with Crippen LogP contribution in [0.15, 0.2) is 24.3 Å². The third-order valence-corrected chi connectivity index (χ3v) is 4.12. The van der Waals surface area contributed by atoms with Crippen LogP contribution in [0.3, 0.4) is 0 Å². The summed E-state index contributed by atoms with van der Waals surface area (Å²) in [4.78, 5) is 12.2. The van der Waals surface area contributed by atoms with Gasteiger partial charge in [0.05, 0.1) is 0 Å². The Labute approximate surface area is 115 Å². The first kappa shape index (κ1) is 13.9. The highest BCUT2D eigenvalue weighted by molar-refractivity contribution is 5.95. The quantitative estimate of drug-likeness (QED) is 0.816. The molecule has 0 radical (unpaired) electrons. The minimum atomic E-state index is 0.00437. The number of rotatable bonds is 4. The molecule has 19 heavy (non-hydrogen) atoms. The summed E-state index contributed by atoms with van der Waals surface area (Å²) in [7, 11) is 0. The smallest absolute Gasteiger partial charge is 0.251 e. The Balaban J connectivity index is 1.99. The lowest BCUT2D eigenvalue weighted by molar-refractivity contribution is 0.0911. The van der Waals surface area contributed by atoms with E-state index in [2.05, 4.69) is 12.2 Å². The van der Waals surface area contributed by atoms with Gasteiger partial charge in [0.1, 0.15) is 0 Å². The number of nitrogens with two attached hydrogens (primary N) is 1. The predicted molar refractivity (Wildman–Crippen MR) is 79.0 cm³/mol. The van der Waals surface area contributed by atoms with Gasteiger partial charge in [0, 0.05) is 17.3 Å². The molecule has 104 valence electrons. The molecule has 1 aliphatic carbocycles. The van der Waals surface area contributed by atoms with Gasteiger partial charge in [-0.05, 0) is 43.4 Å². The standard InChI is InChI=1S/C16H24N2O/c1-2-15(12-7-4-3-5-8-12)18-16(19)13-9-6-10-14(17)11-13/h6,9-12,15H,2-5,7-8,17H2,1H3,(H,18,19). The van der Waals surface area contributed by atoms with Crippen molar-refractivity contribution in [3.05, 3.63) is 29.8 Å². The zero-order valence-electron chi connectivity index (χ0n) is 11.7. The molecule has 0 aliphatic heterocycles. The van der Waals surface area contributed by atoms with Crippen LogP contribution in [0.4, 0.5) is 5.69 Å². The molecule has 1 aromatic rings. The topological polar surface area (TPSA) is 55.1 Å². The molecule has 0 bridgehead atoms. The van der Waals surface area contributed by atoms with Crippen molar-refractivity contribution in [1.82, 2.24) is 5.32 Å². The Kier molecular flexibility index (Phi) is 4.83. The third kappa shape index (κ3) is 3.72. The molecule has 1 atom stereocenters. The maximum atomic E-state index is 12.2. The van der Waals surface area contributed by atoms with Gasteiger partial charge in [-0.25, -0.2) is 0 Å². The van der Waals surface area contributed by atoms with Crippen LogP contribution in [0.25, 0.3) is 0 Å². The molecule has 3 heteroatoms. The van der Waals surface area contributed by atoms with Crippen molar-refractivity contribution in [3.63, 3.8) is 0 Å². The van der Waals surface area contributed by atoms with Gasteiger partial charge in [-0.15, -0.1) is 0 Å². The van der Waals surface area contributed by atoms with Crippen LogP contribution < -0.4 is 11.1 Å². The van der Waals surface area contributed by atoms with Crippen molar-refractivity contribution >= 4 is 11.6 Å². The molecule has 2 rings (SSSR count). The molecule has 1 amide bonds. The van der Waals surface area contributed by atoms with Crippen LogP contribution >= 0.6 is 0 Å². The van der Waals surface area contributed by atoms with E-state index in [1.165, 1.54) is 32.1 Å². The second-order valence-electron chi connectivity index (χ2n) is 5.51. The molecule has 3 N–H and O–H groups in total. The van der Waals surface area contributed by atoms with Gasteiger partial charge in [0.25, 0.3) is 5.91 Å². The van der Waals surface area contributed by atoms with E-state index in [-0.39, 0.29) is 5.91 Å². The number of carbonyl (C=O) groups is 1. The zero-order chi connectivity index (χ0) is 13.7. The lowest BCUT2D eigenvalue weighted by atomic mass is 9.83. The number of carbonyl (C=O) groups excluding carboxylic acids is 1. The number of anilines is 1. The van der Waals surface area contributed by atoms with Crippen LogP contribution in [0.1, 0.15) is 55.8 Å². The first-order valence-corrected chi connectivity index (χ1v) is 7.37. The number of hydrogen-bond acceptors (Lipinski definition) is 2. The Hall–Kier alpha value is -1.51. The van der Waals surface area contributed by atoms with Gasteiger partial charge in [-0.2, -0.15) is 0 Å². The van der Waals surface area contributed by atoms with Crippen LogP contribution in [0.5, 0.6) is 0 Å². The maximum absolute atomic E-state index is 12.2. The van der Waals surface area contributed by atoms with Gasteiger partial charge < -0.3 is 11.1 Å². The second kappa shape index (κ2) is 6.60. The van der Waals surface area contributed by atoms with Gasteiger partial charge >= 0.3 is 0 Å². The largest absolute Gasteiger partial charge is 0.399 e. The Morgan fingerprint density at radius 2 is 2.11 bits per heavy atom. The number of nitrogens with one attached hydrogen (secondary N) is 1. The Bertz CT molecular complexity index is 425. The first-order chi connectivity index (χ1) is 9.20. The van der Waals surface area contributed by atoms with Crippen LogP contribution in [0.2, 0.25) is 0 Å². The molecule has 0 aromatic heterocycles. The van der Waals surface area contributed by atoms with Gasteiger partial charge in [-0.1, -0.05) is 32.3 Å². The van der Waals surface area contributed by atoms with Gasteiger partial charge in [0.15, 0.2) is 0 Å². The summed E-state index contributed by atoms with van der Waals surface area (Å²) in [5.41, 5.74) is 7.02. The fraction of sp³-hybridized carbons (Fsp3) is 0.562. The fourth-order valence-electron chi connectivity index (χ4n) is 3.02. The van der Waals surface area contributed by atoms with E-state index < -0.39 is 0 Å². The first-order valence-electron chi connectivity index (χ1n) is 7.37. The summed E-state index contributed by atoms with van der Waals surface area (Å²) in [6, 6.07) is 7.48. The van der Waals surface area contributed by atoms with E-state index in [0.29, 0.717) is 23.2 Å². The highest BCUT2D eigenvalue weighted by Crippen LogP contribution is 2.27. The number of nitrogen functional groups attached to an aromatic ring is 1. The lowest BCUT2D eigenvalue weighted by Gasteiger charge is -2.30. The molecule has 1 aromatic carbocycles. The van der Waals surface area contributed by atoms with Crippen molar-refractivity contribution in [2.45, 2.75) is 51.5 Å². The molecule has 0 saturated heterocycles. The van der Waals surface area contributed by atoms with E-state index in [9.17, 15) is 4.79 Å². The van der Waals surface area contributed by atoms with Crippen molar-refractivity contribution in [2.75, 3.05) is 5.73 Å². The van der Waals surface area contributed by atoms with Crippen LogP contribution in [-0.4, -0.2) is 11.9 Å². The van der Waals surface area contributed by atoms with Gasteiger partial charge in [-0.3, -0.25) is 4.79 Å². The molecular weight excluding hydrogens is 236 g/mol. The van der Waals surface area contributed by atoms with Crippen molar-refractivity contribution in [2.24, 2.45) is 5.92 Å². The van der Waals surface area contributed by atoms with E-state index in [1.807, 2.05) is 12.1 Å². The SMILES string of the molecule is CCC(NC(=O)c1cccc(N)c1)C1CCCCC1. The van der Waals surface area contributed by atoms with E-state index in [4.69, 9.17) is 5.73 Å².